The van der Waals surface area contributed by atoms with Gasteiger partial charge >= 0.3 is 0 Å². The van der Waals surface area contributed by atoms with E-state index in [1.165, 1.54) is 44.5 Å². The third kappa shape index (κ3) is 7.90. The molecule has 0 fully saturated rings. The van der Waals surface area contributed by atoms with Crippen LogP contribution >= 0.6 is 0 Å². The van der Waals surface area contributed by atoms with Crippen LogP contribution in [0.5, 0.6) is 0 Å². The first-order chi connectivity index (χ1) is 29.0. The lowest BCUT2D eigenvalue weighted by Crippen LogP contribution is -2.30. The van der Waals surface area contributed by atoms with Crippen LogP contribution < -0.4 is 0 Å². The molecule has 59 heavy (non-hydrogen) atoms. The summed E-state index contributed by atoms with van der Waals surface area (Å²) in [6.45, 7) is 13.2. The van der Waals surface area contributed by atoms with Gasteiger partial charge in [0, 0.05) is 48.5 Å². The summed E-state index contributed by atoms with van der Waals surface area (Å²) in [7, 11) is 1.64. The molecule has 0 bridgehead atoms. The zero-order valence-electron chi connectivity index (χ0n) is 34.2. The van der Waals surface area contributed by atoms with Gasteiger partial charge in [0.25, 0.3) is 0 Å². The van der Waals surface area contributed by atoms with Crippen molar-refractivity contribution in [3.63, 3.8) is 0 Å². The van der Waals surface area contributed by atoms with Crippen LogP contribution in [0.4, 0.5) is 0 Å². The number of fused-ring (bicyclic) bond motifs is 2. The van der Waals surface area contributed by atoms with Crippen LogP contribution in [0.25, 0.3) is 50.6 Å². The molecule has 6 heteroatoms. The van der Waals surface area contributed by atoms with E-state index in [1.54, 1.807) is 19.4 Å². The summed E-state index contributed by atoms with van der Waals surface area (Å²) in [5.74, 6) is 1.70. The second-order valence-corrected chi connectivity index (χ2v) is 14.0. The first-order valence-electron chi connectivity index (χ1n) is 20.1. The molecule has 0 spiro atoms. The predicted molar refractivity (Wildman–Crippen MR) is 246 cm³/mol. The van der Waals surface area contributed by atoms with E-state index >= 15 is 0 Å². The Kier molecular flexibility index (Phi) is 12.5. The summed E-state index contributed by atoms with van der Waals surface area (Å²) in [5, 5.41) is 0. The Morgan fingerprint density at radius 2 is 1.29 bits per heavy atom. The van der Waals surface area contributed by atoms with E-state index in [4.69, 9.17) is 15.0 Å². The summed E-state index contributed by atoms with van der Waals surface area (Å²) in [4.78, 5) is 26.3. The molecule has 3 heterocycles. The zero-order valence-corrected chi connectivity index (χ0v) is 34.2. The highest BCUT2D eigenvalue weighted by molar-refractivity contribution is 5.96. The van der Waals surface area contributed by atoms with Crippen LogP contribution in [0, 0.1) is 0 Å². The average Bonchev–Trinajstić information content (AvgIpc) is 3.61. The standard InChI is InChI=1S/C49H37N5.C2H5N.C2H6/c1-3-11-33(2)46-52-47(54-48(53-46)39-14-10-27-51-32-39)35-21-19-34(20-22-35)36-12-9-13-37(30-36)38-23-24-45-43(31-38)42-17-7-8-18-44(42)49(45,40-15-5-4-6-16-40)41-25-28-50-29-26-41;1-3-2;1-2/h3-22,25-32H,2,23-24H2,1H3;1H2,2H3;1-2H3/b11-3-;;. The van der Waals surface area contributed by atoms with Gasteiger partial charge in [0.2, 0.25) is 0 Å². The van der Waals surface area contributed by atoms with Crippen molar-refractivity contribution in [3.05, 3.63) is 216 Å². The quantitative estimate of drug-likeness (QED) is 0.114. The van der Waals surface area contributed by atoms with E-state index in [0.717, 1.165) is 40.7 Å². The van der Waals surface area contributed by atoms with Gasteiger partial charge in [0.15, 0.2) is 17.5 Å². The fourth-order valence-electron chi connectivity index (χ4n) is 8.17. The maximum Gasteiger partial charge on any atom is 0.165 e. The van der Waals surface area contributed by atoms with Crippen molar-refractivity contribution in [1.29, 1.82) is 0 Å². The smallest absolute Gasteiger partial charge is 0.165 e. The van der Waals surface area contributed by atoms with E-state index in [-0.39, 0.29) is 5.41 Å². The van der Waals surface area contributed by atoms with Crippen molar-refractivity contribution in [2.45, 2.75) is 39.0 Å². The Morgan fingerprint density at radius 1 is 0.644 bits per heavy atom. The Bertz CT molecular complexity index is 2620. The largest absolute Gasteiger partial charge is 0.304 e. The van der Waals surface area contributed by atoms with Gasteiger partial charge in [-0.2, -0.15) is 0 Å². The van der Waals surface area contributed by atoms with Crippen LogP contribution in [0.2, 0.25) is 0 Å². The number of benzene rings is 4. The minimum atomic E-state index is -0.361. The number of aromatic nitrogens is 5. The third-order valence-electron chi connectivity index (χ3n) is 10.6. The molecule has 3 aromatic heterocycles. The molecular formula is C53H48N6. The van der Waals surface area contributed by atoms with Crippen molar-refractivity contribution in [2.75, 3.05) is 7.05 Å². The second kappa shape index (κ2) is 18.4. The number of rotatable bonds is 8. The molecule has 7 aromatic rings. The van der Waals surface area contributed by atoms with Gasteiger partial charge in [-0.3, -0.25) is 9.97 Å². The molecule has 2 aliphatic rings. The van der Waals surface area contributed by atoms with Gasteiger partial charge in [0.1, 0.15) is 0 Å². The highest BCUT2D eigenvalue weighted by Crippen LogP contribution is 2.58. The number of aliphatic imine (C=N–C) groups is 1. The minimum absolute atomic E-state index is 0.361. The number of nitrogens with zero attached hydrogens (tertiary/aromatic N) is 6. The molecule has 1 unspecified atom stereocenters. The highest BCUT2D eigenvalue weighted by Gasteiger charge is 2.47. The summed E-state index contributed by atoms with van der Waals surface area (Å²) >= 11 is 0. The molecule has 290 valence electrons. The Labute approximate surface area is 348 Å². The van der Waals surface area contributed by atoms with Crippen LogP contribution in [-0.4, -0.2) is 38.7 Å². The van der Waals surface area contributed by atoms with E-state index in [1.807, 2.05) is 57.4 Å². The van der Waals surface area contributed by atoms with Crippen molar-refractivity contribution < 1.29 is 0 Å². The summed E-state index contributed by atoms with van der Waals surface area (Å²) in [5.41, 5.74) is 15.0. The molecule has 0 saturated heterocycles. The number of pyridine rings is 2. The van der Waals surface area contributed by atoms with Gasteiger partial charge in [-0.15, -0.1) is 0 Å². The summed E-state index contributed by atoms with van der Waals surface area (Å²) < 4.78 is 0. The van der Waals surface area contributed by atoms with Crippen molar-refractivity contribution in [3.8, 4) is 33.9 Å². The molecular weight excluding hydrogens is 721 g/mol. The maximum absolute atomic E-state index is 4.84. The number of allylic oxidation sites excluding steroid dienone is 7. The number of hydrogen-bond acceptors (Lipinski definition) is 6. The molecule has 2 aliphatic carbocycles. The van der Waals surface area contributed by atoms with Crippen LogP contribution in [-0.2, 0) is 5.41 Å². The third-order valence-corrected chi connectivity index (χ3v) is 10.6. The first kappa shape index (κ1) is 40.0. The zero-order chi connectivity index (χ0) is 41.2. The lowest BCUT2D eigenvalue weighted by Gasteiger charge is -2.36. The maximum atomic E-state index is 4.84. The molecule has 1 atom stereocenters. The lowest BCUT2D eigenvalue weighted by molar-refractivity contribution is 0.698. The van der Waals surface area contributed by atoms with Crippen molar-refractivity contribution >= 4 is 23.4 Å². The molecule has 0 aliphatic heterocycles. The van der Waals surface area contributed by atoms with E-state index in [9.17, 15) is 0 Å². The van der Waals surface area contributed by atoms with Gasteiger partial charge in [-0.25, -0.2) is 15.0 Å². The van der Waals surface area contributed by atoms with E-state index < -0.39 is 0 Å². The molecule has 4 aromatic carbocycles. The predicted octanol–water partition coefficient (Wildman–Crippen LogP) is 12.6. The van der Waals surface area contributed by atoms with Crippen LogP contribution in [0.1, 0.15) is 67.3 Å². The highest BCUT2D eigenvalue weighted by atomic mass is 15.0. The lowest BCUT2D eigenvalue weighted by atomic mass is 9.65. The van der Waals surface area contributed by atoms with Gasteiger partial charge in [0.05, 0.1) is 5.41 Å². The molecule has 0 amide bonds. The first-order valence-corrected chi connectivity index (χ1v) is 20.1. The van der Waals surface area contributed by atoms with Crippen LogP contribution in [0.15, 0.2) is 188 Å². The fourth-order valence-corrected chi connectivity index (χ4v) is 8.17. The number of hydrogen-bond donors (Lipinski definition) is 0. The average molecular weight is 769 g/mol. The van der Waals surface area contributed by atoms with Crippen molar-refractivity contribution in [2.24, 2.45) is 4.99 Å². The van der Waals surface area contributed by atoms with Crippen molar-refractivity contribution in [1.82, 2.24) is 24.9 Å². The molecule has 0 radical (unpaired) electrons. The summed E-state index contributed by atoms with van der Waals surface area (Å²) in [6.07, 6.45) is 15.6. The Morgan fingerprint density at radius 3 is 2.00 bits per heavy atom. The molecule has 6 nitrogen and oxygen atoms in total. The minimum Gasteiger partial charge on any atom is -0.304 e. The monoisotopic (exact) mass is 768 g/mol. The molecule has 0 N–H and O–H groups in total. The van der Waals surface area contributed by atoms with Gasteiger partial charge < -0.3 is 4.99 Å². The van der Waals surface area contributed by atoms with E-state index in [2.05, 4.69) is 150 Å². The second-order valence-electron chi connectivity index (χ2n) is 14.0. The molecule has 9 rings (SSSR count). The van der Waals surface area contributed by atoms with Crippen LogP contribution in [0.3, 0.4) is 0 Å². The normalized spacial score (nSPS) is 15.2. The van der Waals surface area contributed by atoms with Gasteiger partial charge in [-0.1, -0.05) is 136 Å². The van der Waals surface area contributed by atoms with E-state index in [0.29, 0.717) is 17.5 Å². The Balaban J connectivity index is 0.00000101. The van der Waals surface area contributed by atoms with Gasteiger partial charge in [-0.05, 0) is 112 Å². The SMILES string of the molecule is C=C(/C=C\C)c1nc(-c2ccc(-c3cccc(C4=CC5=C(CC4)C(c4ccccc4)(c4ccncc4)c4ccccc45)c3)cc2)nc(-c2cccnc2)n1.C=NC.CC. The summed E-state index contributed by atoms with van der Waals surface area (Å²) in [6, 6.07) is 45.5. The topological polar surface area (TPSA) is 76.8 Å². The fraction of sp³-hybridized carbons (Fsp3) is 0.132. The molecule has 0 saturated carbocycles. The Hall–Kier alpha value is -7.18.